The molecule has 15 heteroatoms. The van der Waals surface area contributed by atoms with Gasteiger partial charge in [-0.1, -0.05) is 24.3 Å². The summed E-state index contributed by atoms with van der Waals surface area (Å²) in [5.74, 6) is 0.177. The van der Waals surface area contributed by atoms with Crippen molar-refractivity contribution in [2.45, 2.75) is 30.6 Å². The highest BCUT2D eigenvalue weighted by Gasteiger charge is 2.44. The zero-order valence-corrected chi connectivity index (χ0v) is 22.7. The minimum absolute atomic E-state index is 0.0205. The molecule has 2 aromatic carbocycles. The monoisotopic (exact) mass is 582 g/mol. The molecule has 0 bridgehead atoms. The Morgan fingerprint density at radius 3 is 2.09 bits per heavy atom. The Balaban J connectivity index is 0.000000171. The number of nitriles is 2. The summed E-state index contributed by atoms with van der Waals surface area (Å²) in [6, 6.07) is 18.8. The normalized spacial score (nSPS) is 19.4. The molecule has 0 spiro atoms. The highest BCUT2D eigenvalue weighted by Crippen LogP contribution is 2.33. The number of imidazole rings is 1. The molecule has 4 atom stereocenters. The van der Waals surface area contributed by atoms with E-state index < -0.39 is 31.1 Å². The third kappa shape index (κ3) is 5.82. The van der Waals surface area contributed by atoms with E-state index in [9.17, 15) is 10.2 Å². The Kier molecular flexibility index (Phi) is 8.51. The van der Waals surface area contributed by atoms with Crippen molar-refractivity contribution in [3.63, 3.8) is 0 Å². The lowest BCUT2D eigenvalue weighted by Gasteiger charge is -2.18. The Bertz CT molecular complexity index is 1700. The molecule has 15 nitrogen and oxygen atoms in total. The predicted molar refractivity (Wildman–Crippen MR) is 149 cm³/mol. The van der Waals surface area contributed by atoms with E-state index in [0.717, 1.165) is 11.1 Å². The summed E-state index contributed by atoms with van der Waals surface area (Å²) in [6.45, 7) is -0.415. The lowest BCUT2D eigenvalue weighted by Crippen LogP contribution is -2.33. The van der Waals surface area contributed by atoms with Gasteiger partial charge in [-0.2, -0.15) is 25.6 Å². The van der Waals surface area contributed by atoms with Gasteiger partial charge in [-0.3, -0.25) is 4.57 Å². The van der Waals surface area contributed by atoms with E-state index in [1.54, 1.807) is 35.3 Å². The second kappa shape index (κ2) is 12.6. The lowest BCUT2D eigenvalue weighted by molar-refractivity contribution is -0.0511. The number of aliphatic hydroxyl groups is 3. The molecule has 0 aliphatic carbocycles. The summed E-state index contributed by atoms with van der Waals surface area (Å²) < 4.78 is 13.7. The lowest BCUT2D eigenvalue weighted by atomic mass is 9.97. The summed E-state index contributed by atoms with van der Waals surface area (Å²) in [7, 11) is 1.42. The summed E-state index contributed by atoms with van der Waals surface area (Å²) in [5, 5.41) is 51.0. The molecule has 1 aliphatic heterocycles. The Labute approximate surface area is 244 Å². The minimum atomic E-state index is -1.23. The van der Waals surface area contributed by atoms with Crippen LogP contribution in [-0.2, 0) is 4.74 Å². The highest BCUT2D eigenvalue weighted by atomic mass is 16.6. The molecule has 3 aromatic heterocycles. The van der Waals surface area contributed by atoms with E-state index in [1.165, 1.54) is 24.3 Å². The first-order valence-corrected chi connectivity index (χ1v) is 12.9. The van der Waals surface area contributed by atoms with Crippen LogP contribution in [0.1, 0.15) is 34.5 Å². The fourth-order valence-corrected chi connectivity index (χ4v) is 4.67. The maximum absolute atomic E-state index is 10.0. The number of aliphatic hydroxyl groups excluding tert-OH is 3. The third-order valence-corrected chi connectivity index (χ3v) is 6.80. The molecule has 43 heavy (non-hydrogen) atoms. The van der Waals surface area contributed by atoms with Gasteiger partial charge in [0.2, 0.25) is 11.8 Å². The van der Waals surface area contributed by atoms with Crippen molar-refractivity contribution < 1.29 is 24.8 Å². The van der Waals surface area contributed by atoms with Gasteiger partial charge >= 0.3 is 0 Å². The third-order valence-electron chi connectivity index (χ3n) is 6.80. The standard InChI is InChI=1S/C17H11N5.C11H15N5O5/c18-9-13-1-5-15(6-2-13)17(22-12-20-11-21-22)16-7-3-14(10-19)4-8-16;1-20-9-5-8(14-11(12)15-9)16(3-13-5)10-7(19)6(18)4(2-17)21-10/h1-8,11-12,17H;3-4,6-7,10,17-19H,2H2,1H3,(H2,12,14,15)/t;4-,6-,7+,10-/m.1/s1. The molecular weight excluding hydrogens is 556 g/mol. The van der Waals surface area contributed by atoms with Crippen LogP contribution in [-0.4, -0.2) is 81.6 Å². The number of anilines is 1. The van der Waals surface area contributed by atoms with Crippen molar-refractivity contribution in [1.82, 2.24) is 34.3 Å². The zero-order valence-electron chi connectivity index (χ0n) is 22.7. The number of rotatable bonds is 6. The zero-order chi connectivity index (χ0) is 30.5. The number of methoxy groups -OCH3 is 1. The molecule has 0 saturated carbocycles. The molecule has 1 fully saturated rings. The predicted octanol–water partition coefficient (Wildman–Crippen LogP) is 0.688. The minimum Gasteiger partial charge on any atom is -0.479 e. The van der Waals surface area contributed by atoms with E-state index in [1.807, 2.05) is 24.3 Å². The van der Waals surface area contributed by atoms with Crippen LogP contribution in [0.2, 0.25) is 0 Å². The molecule has 6 rings (SSSR count). The number of hydrogen-bond acceptors (Lipinski definition) is 13. The van der Waals surface area contributed by atoms with Crippen LogP contribution in [0.15, 0.2) is 67.5 Å². The van der Waals surface area contributed by atoms with Gasteiger partial charge in [-0.15, -0.1) is 0 Å². The molecule has 218 valence electrons. The fraction of sp³-hybridized carbons (Fsp3) is 0.250. The number of benzene rings is 2. The number of nitrogens with zero attached hydrogens (tertiary/aromatic N) is 9. The first-order chi connectivity index (χ1) is 20.9. The van der Waals surface area contributed by atoms with Gasteiger partial charge in [-0.05, 0) is 35.4 Å². The summed E-state index contributed by atoms with van der Waals surface area (Å²) >= 11 is 0. The average Bonchev–Trinajstić information content (AvgIpc) is 3.78. The van der Waals surface area contributed by atoms with E-state index in [0.29, 0.717) is 22.3 Å². The van der Waals surface area contributed by atoms with Crippen LogP contribution >= 0.6 is 0 Å². The first-order valence-electron chi connectivity index (χ1n) is 12.9. The van der Waals surface area contributed by atoms with Crippen molar-refractivity contribution in [2.75, 3.05) is 19.5 Å². The molecule has 0 amide bonds. The van der Waals surface area contributed by atoms with Gasteiger partial charge in [0.25, 0.3) is 0 Å². The SMILES string of the molecule is COc1nc(N)nc2c1ncn2[C@@H]1O[C@H](CO)[C@@H](O)[C@@H]1O.N#Cc1ccc(C(c2ccc(C#N)cc2)n2cncn2)cc1. The van der Waals surface area contributed by atoms with Crippen LogP contribution in [0.5, 0.6) is 5.88 Å². The van der Waals surface area contributed by atoms with Gasteiger partial charge in [-0.25, -0.2) is 14.6 Å². The molecule has 5 aromatic rings. The average molecular weight is 583 g/mol. The molecule has 1 aliphatic rings. The van der Waals surface area contributed by atoms with Gasteiger partial charge in [0.05, 0.1) is 43.3 Å². The van der Waals surface area contributed by atoms with Gasteiger partial charge in [0.1, 0.15) is 37.0 Å². The number of ether oxygens (including phenoxy) is 2. The van der Waals surface area contributed by atoms with Gasteiger partial charge < -0.3 is 30.5 Å². The summed E-state index contributed by atoms with van der Waals surface area (Å²) in [4.78, 5) is 16.1. The number of nitrogens with two attached hydrogens (primary N) is 1. The maximum Gasteiger partial charge on any atom is 0.246 e. The number of fused-ring (bicyclic) bond motifs is 1. The quantitative estimate of drug-likeness (QED) is 0.216. The molecular formula is C28H26N10O5. The van der Waals surface area contributed by atoms with Crippen LogP contribution in [0.4, 0.5) is 5.95 Å². The summed E-state index contributed by atoms with van der Waals surface area (Å²) in [6.07, 6.45) is 0.244. The maximum atomic E-state index is 10.0. The molecule has 4 heterocycles. The Hall–Kier alpha value is -5.45. The Morgan fingerprint density at radius 2 is 1.60 bits per heavy atom. The molecule has 5 N–H and O–H groups in total. The van der Waals surface area contributed by atoms with Crippen LogP contribution in [0, 0.1) is 22.7 Å². The summed E-state index contributed by atoms with van der Waals surface area (Å²) in [5.41, 5.74) is 9.47. The first kappa shape index (κ1) is 29.1. The van der Waals surface area contributed by atoms with Crippen LogP contribution in [0.3, 0.4) is 0 Å². The largest absolute Gasteiger partial charge is 0.479 e. The fourth-order valence-electron chi connectivity index (χ4n) is 4.67. The molecule has 1 saturated heterocycles. The molecule has 0 unspecified atom stereocenters. The van der Waals surface area contributed by atoms with Gasteiger partial charge in [0.15, 0.2) is 17.4 Å². The number of aromatic nitrogens is 7. The smallest absolute Gasteiger partial charge is 0.246 e. The van der Waals surface area contributed by atoms with Crippen LogP contribution in [0.25, 0.3) is 11.2 Å². The van der Waals surface area contributed by atoms with E-state index in [4.69, 9.17) is 30.8 Å². The van der Waals surface area contributed by atoms with Crippen molar-refractivity contribution in [2.24, 2.45) is 0 Å². The van der Waals surface area contributed by atoms with Crippen molar-refractivity contribution in [3.8, 4) is 18.0 Å². The van der Waals surface area contributed by atoms with Gasteiger partial charge in [0, 0.05) is 0 Å². The van der Waals surface area contributed by atoms with Crippen molar-refractivity contribution in [3.05, 3.63) is 89.8 Å². The van der Waals surface area contributed by atoms with Crippen molar-refractivity contribution >= 4 is 17.1 Å². The van der Waals surface area contributed by atoms with E-state index in [2.05, 4.69) is 37.2 Å². The van der Waals surface area contributed by atoms with Crippen molar-refractivity contribution in [1.29, 1.82) is 10.5 Å². The number of hydrogen-bond donors (Lipinski definition) is 4. The van der Waals surface area contributed by atoms with E-state index in [-0.39, 0.29) is 17.9 Å². The van der Waals surface area contributed by atoms with E-state index >= 15 is 0 Å². The second-order valence-corrected chi connectivity index (χ2v) is 9.39. The highest BCUT2D eigenvalue weighted by molar-refractivity contribution is 5.77. The number of nitrogen functional groups attached to an aromatic ring is 1. The topological polar surface area (TPSA) is 227 Å². The Morgan fingerprint density at radius 1 is 0.977 bits per heavy atom. The van der Waals surface area contributed by atoms with Crippen LogP contribution < -0.4 is 10.5 Å². The second-order valence-electron chi connectivity index (χ2n) is 9.39. The molecule has 0 radical (unpaired) electrons.